The number of ether oxygens (including phenoxy) is 5. The van der Waals surface area contributed by atoms with Gasteiger partial charge in [-0.15, -0.1) is 13.2 Å². The SMILES string of the molecule is C=CCCOc1cccc(-n2nccc2C(=O)N[C@@H](CC=C)C(=O)N(C)OC)c1.CON(C)C(=O)[C@@H]1CC=CCCOc2cccc(c2)-n2nccc2C(=O)N1.CON(C)C(=O)[C@@H]1CCCCCOc2cccc(c2)-n2nccc2C(=O)N1.Cc1cc2n(n1)-c1cccc(c1)OCCCCC[C@@H](C(O)C#N)NC2=O.Cc1cc2n(n1)-c1cccc(c1)OCCCCC[C@@H](C=O)NC2=O. The van der Waals surface area contributed by atoms with E-state index in [9.17, 15) is 48.3 Å². The van der Waals surface area contributed by atoms with Crippen LogP contribution in [0.4, 0.5) is 0 Å². The maximum atomic E-state index is 12.8. The molecule has 1 unspecified atom stereocenters. The minimum Gasteiger partial charge on any atom is -0.494 e. The van der Waals surface area contributed by atoms with Crippen molar-refractivity contribution in [1.82, 2.24) is 90.7 Å². The van der Waals surface area contributed by atoms with Crippen LogP contribution in [-0.4, -0.2) is 235 Å². The number of nitriles is 1. The van der Waals surface area contributed by atoms with Gasteiger partial charge in [-0.05, 0) is 188 Å². The summed E-state index contributed by atoms with van der Waals surface area (Å²) >= 11 is 0. The molecule has 8 amide bonds. The lowest BCUT2D eigenvalue weighted by Gasteiger charge is -2.23. The Morgan fingerprint density at radius 2 is 0.977 bits per heavy atom. The van der Waals surface area contributed by atoms with E-state index in [2.05, 4.69) is 65.2 Å². The minimum absolute atomic E-state index is 0.263. The third-order valence-electron chi connectivity index (χ3n) is 21.3. The molecule has 4 aliphatic heterocycles. The van der Waals surface area contributed by atoms with Crippen LogP contribution in [0, 0.1) is 25.2 Å². The van der Waals surface area contributed by atoms with Gasteiger partial charge in [0.25, 0.3) is 47.3 Å². The summed E-state index contributed by atoms with van der Waals surface area (Å²) in [4.78, 5) is 127. The topological polar surface area (TPSA) is 430 Å². The summed E-state index contributed by atoms with van der Waals surface area (Å²) in [5.41, 5.74) is 6.71. The van der Waals surface area contributed by atoms with E-state index in [0.29, 0.717) is 116 Å². The Morgan fingerprint density at radius 3 is 1.48 bits per heavy atom. The molecule has 0 fully saturated rings. The third-order valence-corrected chi connectivity index (χ3v) is 21.3. The molecule has 702 valence electrons. The molecule has 0 saturated heterocycles. The fourth-order valence-corrected chi connectivity index (χ4v) is 14.2. The number of aryl methyl sites for hydroxylation is 2. The summed E-state index contributed by atoms with van der Waals surface area (Å²) in [6, 6.07) is 43.7. The average molecular weight is 1820 g/mol. The molecule has 0 aliphatic carbocycles. The van der Waals surface area contributed by atoms with Crippen LogP contribution in [0.15, 0.2) is 208 Å². The molecule has 14 rings (SSSR count). The van der Waals surface area contributed by atoms with Gasteiger partial charge in [-0.1, -0.05) is 73.9 Å². The number of amides is 8. The van der Waals surface area contributed by atoms with E-state index in [4.69, 9.17) is 43.5 Å². The Balaban J connectivity index is 0.000000172. The number of benzene rings is 5. The zero-order valence-corrected chi connectivity index (χ0v) is 75.9. The second-order valence-electron chi connectivity index (χ2n) is 30.9. The van der Waals surface area contributed by atoms with Crippen molar-refractivity contribution in [3.05, 3.63) is 248 Å². The molecule has 4 aliphatic rings. The summed E-state index contributed by atoms with van der Waals surface area (Å²) in [6.45, 7) is 13.8. The van der Waals surface area contributed by atoms with Crippen molar-refractivity contribution in [3.63, 3.8) is 0 Å². The number of hydrogen-bond acceptors (Lipinski definition) is 24. The molecule has 37 heteroatoms. The molecule has 5 aromatic carbocycles. The van der Waals surface area contributed by atoms with E-state index in [1.54, 1.807) is 70.3 Å². The van der Waals surface area contributed by atoms with Gasteiger partial charge in [0.15, 0.2) is 6.10 Å². The van der Waals surface area contributed by atoms with Gasteiger partial charge in [-0.2, -0.15) is 30.8 Å². The predicted octanol–water partition coefficient (Wildman–Crippen LogP) is 10.7. The zero-order valence-electron chi connectivity index (χ0n) is 75.9. The molecule has 0 spiro atoms. The molecule has 0 saturated carbocycles. The molecule has 5 aromatic heterocycles. The Bertz CT molecular complexity index is 5650. The lowest BCUT2D eigenvalue weighted by molar-refractivity contribution is -0.171. The number of fused-ring (bicyclic) bond motifs is 16. The fraction of sp³-hybridized carbons (Fsp3) is 0.365. The first-order valence-electron chi connectivity index (χ1n) is 43.8. The first-order chi connectivity index (χ1) is 64.5. The molecule has 10 aromatic rings. The Morgan fingerprint density at radius 1 is 0.526 bits per heavy atom. The van der Waals surface area contributed by atoms with Crippen molar-refractivity contribution in [1.29, 1.82) is 5.26 Å². The smallest absolute Gasteiger partial charge is 0.270 e. The van der Waals surface area contributed by atoms with Crippen LogP contribution in [0.25, 0.3) is 28.4 Å². The number of carbonyl (C=O) groups is 9. The van der Waals surface area contributed by atoms with E-state index in [-0.39, 0.29) is 47.6 Å². The quantitative estimate of drug-likeness (QED) is 0.0162. The molecule has 0 radical (unpaired) electrons. The number of nitrogens with one attached hydrogen (secondary N) is 5. The number of hydrogen-bond donors (Lipinski definition) is 6. The lowest BCUT2D eigenvalue weighted by atomic mass is 10.0. The molecule has 6 atom stereocenters. The number of aliphatic hydroxyl groups is 1. The van der Waals surface area contributed by atoms with Crippen molar-refractivity contribution in [3.8, 4) is 63.3 Å². The third kappa shape index (κ3) is 29.1. The van der Waals surface area contributed by atoms with Crippen LogP contribution in [0.1, 0.15) is 167 Å². The van der Waals surface area contributed by atoms with E-state index in [1.165, 1.54) is 62.7 Å². The van der Waals surface area contributed by atoms with Crippen LogP contribution in [0.2, 0.25) is 0 Å². The van der Waals surface area contributed by atoms with E-state index in [0.717, 1.165) is 126 Å². The van der Waals surface area contributed by atoms with E-state index >= 15 is 0 Å². The highest BCUT2D eigenvalue weighted by molar-refractivity contribution is 5.99. The summed E-state index contributed by atoms with van der Waals surface area (Å²) in [5.74, 6) is 0.717. The summed E-state index contributed by atoms with van der Waals surface area (Å²) in [5, 5.41) is 57.8. The number of carbonyl (C=O) groups excluding carboxylic acids is 9. The number of hydroxylamine groups is 6. The van der Waals surface area contributed by atoms with Gasteiger partial charge in [0.1, 0.15) is 81.6 Å². The lowest BCUT2D eigenvalue weighted by Crippen LogP contribution is -2.47. The number of likely N-dealkylation sites (N-methyl/N-ethyl adjacent to an activating group) is 3. The number of aromatic nitrogens is 10. The highest BCUT2D eigenvalue weighted by Gasteiger charge is 2.32. The Kier molecular flexibility index (Phi) is 38.8. The van der Waals surface area contributed by atoms with Crippen LogP contribution in [-0.2, 0) is 33.7 Å². The molecule has 37 nitrogen and oxygen atoms in total. The molecule has 9 heterocycles. The van der Waals surface area contributed by atoms with Crippen molar-refractivity contribution in [2.75, 3.05) is 75.5 Å². The normalized spacial score (nSPS) is 16.8. The van der Waals surface area contributed by atoms with Crippen LogP contribution in [0.3, 0.4) is 0 Å². The monoisotopic (exact) mass is 1820 g/mol. The molecule has 8 bridgehead atoms. The Hall–Kier alpha value is -14.9. The maximum absolute atomic E-state index is 12.8. The van der Waals surface area contributed by atoms with Crippen LogP contribution < -0.4 is 50.3 Å². The molecular formula is C96H115N19O18. The molecule has 6 N–H and O–H groups in total. The number of nitrogens with zero attached hydrogens (tertiary/aromatic N) is 14. The number of aliphatic hydroxyl groups excluding tert-OH is 1. The first-order valence-corrected chi connectivity index (χ1v) is 43.8. The number of rotatable bonds is 17. The van der Waals surface area contributed by atoms with Gasteiger partial charge >= 0.3 is 0 Å². The summed E-state index contributed by atoms with van der Waals surface area (Å²) in [7, 11) is 8.72. The van der Waals surface area contributed by atoms with E-state index < -0.39 is 48.1 Å². The van der Waals surface area contributed by atoms with Gasteiger partial charge in [0.2, 0.25) is 0 Å². The predicted molar refractivity (Wildman–Crippen MR) is 491 cm³/mol. The largest absolute Gasteiger partial charge is 0.494 e. The first kappa shape index (κ1) is 100. The van der Waals surface area contributed by atoms with Gasteiger partial charge in [-0.25, -0.2) is 38.6 Å². The minimum atomic E-state index is -1.25. The average Bonchev–Trinajstić information content (AvgIpc) is 1.69. The molecular weight excluding hydrogens is 1710 g/mol. The summed E-state index contributed by atoms with van der Waals surface area (Å²) in [6.07, 6.45) is 22.8. The van der Waals surface area contributed by atoms with Crippen LogP contribution in [0.5, 0.6) is 28.7 Å². The molecule has 133 heavy (non-hydrogen) atoms. The van der Waals surface area contributed by atoms with Crippen LogP contribution >= 0.6 is 0 Å². The van der Waals surface area contributed by atoms with Crippen molar-refractivity contribution in [2.45, 2.75) is 153 Å². The summed E-state index contributed by atoms with van der Waals surface area (Å²) < 4.78 is 36.5. The van der Waals surface area contributed by atoms with E-state index in [1.807, 2.05) is 147 Å². The van der Waals surface area contributed by atoms with Gasteiger partial charge in [0, 0.05) is 51.5 Å². The fourth-order valence-electron chi connectivity index (χ4n) is 14.2. The Labute approximate surface area is 771 Å². The van der Waals surface area contributed by atoms with Crippen molar-refractivity contribution < 1.29 is 86.5 Å². The maximum Gasteiger partial charge on any atom is 0.270 e. The highest BCUT2D eigenvalue weighted by Crippen LogP contribution is 2.27. The van der Waals surface area contributed by atoms with Gasteiger partial charge < -0.3 is 60.2 Å². The standard InChI is InChI=1S/C21H26N4O4.C19H24N4O4.C19H22N4O4.C19H22N4O3.C18H21N3O3/c1-5-7-14-29-17-11-8-10-16(15-17)25-19(12-13-22-25)20(26)23-18(9-6-2)21(27)24(3)28-4;2*1-22(26-2)19(25)16-9-4-3-5-12-27-15-8-6-7-14(13-15)23-17(10-11-20-23)18(24)21-16;1-13-10-17-19(25)21-16(18(24)12-20)8-3-2-4-9-26-15-7-5-6-14(11-15)23(17)22-13;1-13-10-17-18(23)19-14(12-22)6-3-2-4-9-24-16-8-5-7-15(11-16)21(17)20-13/h5-6,8,10-13,15,18H,1-2,7,9,14H2,3-4H3,(H,23,26);6-8,10-11,13,16H,3-5,9,12H2,1-2H3,(H,21,24);3-4,6-8,10-11,13,16H,5,9,12H2,1-2H3,(H,21,24);5-7,10-11,16,18,24H,2-4,8-9H2,1H3,(H,21,25);5,7-8,10-12,14H,2-4,6,9H2,1H3,(H,19,23)/t18-;2*16-;16-,18?;14-/m00000/s1. The van der Waals surface area contributed by atoms with Crippen molar-refractivity contribution >= 4 is 53.5 Å². The zero-order chi connectivity index (χ0) is 95.1. The second-order valence-corrected chi connectivity index (χ2v) is 30.9. The highest BCUT2D eigenvalue weighted by atomic mass is 16.7. The van der Waals surface area contributed by atoms with Gasteiger partial charge in [-0.3, -0.25) is 52.9 Å². The number of aldehydes is 1. The van der Waals surface area contributed by atoms with Gasteiger partial charge in [0.05, 0.1) is 131 Å². The second kappa shape index (κ2) is 51.5. The van der Waals surface area contributed by atoms with Crippen molar-refractivity contribution in [2.24, 2.45) is 0 Å².